The summed E-state index contributed by atoms with van der Waals surface area (Å²) in [6, 6.07) is 18.6. The SMILES string of the molecule is Cc1cnc(Nc2ccc(N3CCN(C(=O)CCCCCCCNc4cccc5c4C(=O)N(C4CCC(=O)NC4=O)C5=O)CC3)cc2)nc1Nc1cccc(S(=O)(=O)NC(C)(C)C)c1. The summed E-state index contributed by atoms with van der Waals surface area (Å²) < 4.78 is 28.5. The molecule has 64 heavy (non-hydrogen) atoms. The van der Waals surface area contributed by atoms with Gasteiger partial charge in [-0.25, -0.2) is 18.1 Å². The number of carbonyl (C=O) groups excluding carboxylic acids is 5. The molecule has 0 radical (unpaired) electrons. The zero-order valence-corrected chi connectivity index (χ0v) is 37.5. The number of unbranched alkanes of at least 4 members (excludes halogenated alkanes) is 4. The van der Waals surface area contributed by atoms with Gasteiger partial charge in [0, 0.05) is 85.6 Å². The molecule has 18 heteroatoms. The lowest BCUT2D eigenvalue weighted by Crippen LogP contribution is -2.54. The number of imide groups is 2. The molecule has 1 aromatic heterocycles. The Hall–Kier alpha value is -6.40. The highest BCUT2D eigenvalue weighted by Crippen LogP contribution is 2.33. The predicted molar refractivity (Wildman–Crippen MR) is 244 cm³/mol. The van der Waals surface area contributed by atoms with Crippen LogP contribution in [-0.4, -0.2) is 102 Å². The smallest absolute Gasteiger partial charge is 0.264 e. The monoisotopic (exact) mass is 892 g/mol. The van der Waals surface area contributed by atoms with Gasteiger partial charge < -0.3 is 25.8 Å². The minimum absolute atomic E-state index is 0.0708. The molecule has 0 spiro atoms. The van der Waals surface area contributed by atoms with Crippen LogP contribution in [0.5, 0.6) is 0 Å². The largest absolute Gasteiger partial charge is 0.384 e. The number of piperazine rings is 1. The van der Waals surface area contributed by atoms with Gasteiger partial charge in [-0.3, -0.25) is 34.2 Å². The van der Waals surface area contributed by atoms with E-state index in [0.29, 0.717) is 49.2 Å². The number of fused-ring (bicyclic) bond motifs is 1. The standard InChI is InChI=1S/C46H56N10O7S/c1-30-29-48-45(52-41(30)49-32-12-10-13-34(28-32)64(62,63)53-46(2,3)4)50-31-17-19-33(20-18-31)54-24-26-55(27-25-54)39(58)16-8-6-5-7-9-23-47-36-15-11-14-35-40(36)44(61)56(43(35)60)37-21-22-38(57)51-42(37)59/h10-15,17-20,28-29,37,47,53H,5-9,16,21-27H2,1-4H3,(H,51,57,59)(H2,48,49,50,52). The van der Waals surface area contributed by atoms with Crippen LogP contribution >= 0.6 is 0 Å². The van der Waals surface area contributed by atoms with Gasteiger partial charge in [-0.15, -0.1) is 0 Å². The third-order valence-electron chi connectivity index (χ3n) is 11.3. The fourth-order valence-corrected chi connectivity index (χ4v) is 9.51. The number of aromatic nitrogens is 2. The fourth-order valence-electron chi connectivity index (χ4n) is 8.04. The number of hydrogen-bond donors (Lipinski definition) is 5. The first-order valence-electron chi connectivity index (χ1n) is 21.8. The average molecular weight is 893 g/mol. The van der Waals surface area contributed by atoms with Gasteiger partial charge in [0.15, 0.2) is 0 Å². The van der Waals surface area contributed by atoms with Crippen LogP contribution in [0.15, 0.2) is 77.8 Å². The summed E-state index contributed by atoms with van der Waals surface area (Å²) in [5.74, 6) is -0.996. The van der Waals surface area contributed by atoms with Gasteiger partial charge in [0.2, 0.25) is 33.7 Å². The molecule has 4 aromatic rings. The molecule has 4 heterocycles. The minimum atomic E-state index is -3.71. The first-order valence-corrected chi connectivity index (χ1v) is 23.3. The summed E-state index contributed by atoms with van der Waals surface area (Å²) in [6.45, 7) is 10.6. The number of sulfonamides is 1. The van der Waals surface area contributed by atoms with E-state index in [9.17, 15) is 32.4 Å². The van der Waals surface area contributed by atoms with Gasteiger partial charge in [-0.2, -0.15) is 4.98 Å². The Morgan fingerprint density at radius 2 is 1.56 bits per heavy atom. The lowest BCUT2D eigenvalue weighted by atomic mass is 10.0. The lowest BCUT2D eigenvalue weighted by molar-refractivity contribution is -0.136. The van der Waals surface area contributed by atoms with E-state index < -0.39 is 45.2 Å². The van der Waals surface area contributed by atoms with Gasteiger partial charge in [-0.1, -0.05) is 31.4 Å². The van der Waals surface area contributed by atoms with Crippen LogP contribution < -0.4 is 30.9 Å². The Labute approximate surface area is 373 Å². The minimum Gasteiger partial charge on any atom is -0.384 e. The molecular formula is C46H56N10O7S. The molecule has 0 aliphatic carbocycles. The van der Waals surface area contributed by atoms with Crippen molar-refractivity contribution in [3.63, 3.8) is 0 Å². The van der Waals surface area contributed by atoms with Gasteiger partial charge in [0.1, 0.15) is 11.9 Å². The van der Waals surface area contributed by atoms with E-state index in [1.165, 1.54) is 0 Å². The van der Waals surface area contributed by atoms with E-state index in [1.54, 1.807) is 69.4 Å². The second-order valence-electron chi connectivity index (χ2n) is 17.4. The van der Waals surface area contributed by atoms with Crippen LogP contribution in [0.25, 0.3) is 0 Å². The molecule has 5 amide bonds. The van der Waals surface area contributed by atoms with Crippen LogP contribution in [0.1, 0.15) is 98.4 Å². The zero-order chi connectivity index (χ0) is 45.6. The molecule has 3 aromatic carbocycles. The molecule has 3 aliphatic rings. The van der Waals surface area contributed by atoms with Crippen molar-refractivity contribution >= 4 is 74.1 Å². The first-order chi connectivity index (χ1) is 30.6. The van der Waals surface area contributed by atoms with Gasteiger partial charge in [-0.05, 0) is 102 Å². The van der Waals surface area contributed by atoms with Crippen LogP contribution in [-0.2, 0) is 24.4 Å². The molecule has 2 fully saturated rings. The number of nitrogens with one attached hydrogen (secondary N) is 5. The van der Waals surface area contributed by atoms with Crippen LogP contribution in [0.3, 0.4) is 0 Å². The average Bonchev–Trinajstić information content (AvgIpc) is 3.51. The highest BCUT2D eigenvalue weighted by atomic mass is 32.2. The third kappa shape index (κ3) is 11.0. The molecule has 338 valence electrons. The number of rotatable bonds is 17. The van der Waals surface area contributed by atoms with E-state index in [2.05, 4.69) is 40.9 Å². The fraction of sp³-hybridized carbons (Fsp3) is 0.413. The summed E-state index contributed by atoms with van der Waals surface area (Å²) in [7, 11) is -3.71. The van der Waals surface area contributed by atoms with Crippen molar-refractivity contribution in [2.45, 2.75) is 95.5 Å². The maximum absolute atomic E-state index is 13.3. The highest BCUT2D eigenvalue weighted by Gasteiger charge is 2.45. The molecular weight excluding hydrogens is 837 g/mol. The second-order valence-corrected chi connectivity index (χ2v) is 19.1. The van der Waals surface area contributed by atoms with Crippen LogP contribution in [0.4, 0.5) is 34.5 Å². The molecule has 1 unspecified atom stereocenters. The normalized spacial score (nSPS) is 16.8. The van der Waals surface area contributed by atoms with Crippen molar-refractivity contribution in [3.8, 4) is 0 Å². The quantitative estimate of drug-likeness (QED) is 0.0622. The van der Waals surface area contributed by atoms with Crippen LogP contribution in [0, 0.1) is 6.92 Å². The molecule has 1 atom stereocenters. The summed E-state index contributed by atoms with van der Waals surface area (Å²) in [5.41, 5.74) is 3.67. The van der Waals surface area contributed by atoms with Crippen molar-refractivity contribution in [1.82, 2.24) is 29.8 Å². The summed E-state index contributed by atoms with van der Waals surface area (Å²) in [6.07, 6.45) is 6.89. The number of benzene rings is 3. The predicted octanol–water partition coefficient (Wildman–Crippen LogP) is 5.85. The summed E-state index contributed by atoms with van der Waals surface area (Å²) >= 11 is 0. The zero-order valence-electron chi connectivity index (χ0n) is 36.7. The molecule has 3 aliphatic heterocycles. The van der Waals surface area contributed by atoms with Crippen LogP contribution in [0.2, 0.25) is 0 Å². The Bertz CT molecular complexity index is 2520. The van der Waals surface area contributed by atoms with Crippen molar-refractivity contribution in [3.05, 3.63) is 89.6 Å². The second kappa shape index (κ2) is 19.6. The molecule has 2 saturated heterocycles. The van der Waals surface area contributed by atoms with Gasteiger partial charge in [0.05, 0.1) is 16.0 Å². The lowest BCUT2D eigenvalue weighted by Gasteiger charge is -2.36. The van der Waals surface area contributed by atoms with E-state index >= 15 is 0 Å². The van der Waals surface area contributed by atoms with E-state index in [4.69, 9.17) is 0 Å². The molecule has 0 bridgehead atoms. The van der Waals surface area contributed by atoms with Crippen molar-refractivity contribution < 1.29 is 32.4 Å². The Balaban J connectivity index is 0.798. The molecule has 17 nitrogen and oxygen atoms in total. The summed E-state index contributed by atoms with van der Waals surface area (Å²) in [4.78, 5) is 77.9. The third-order valence-corrected chi connectivity index (χ3v) is 13.0. The summed E-state index contributed by atoms with van der Waals surface area (Å²) in [5, 5.41) is 12.0. The Kier molecular flexibility index (Phi) is 13.9. The number of hydrogen-bond acceptors (Lipinski definition) is 13. The van der Waals surface area contributed by atoms with Crippen molar-refractivity contribution in [2.75, 3.05) is 53.6 Å². The van der Waals surface area contributed by atoms with E-state index in [0.717, 1.165) is 67.0 Å². The van der Waals surface area contributed by atoms with Crippen molar-refractivity contribution in [1.29, 1.82) is 0 Å². The number of anilines is 6. The topological polar surface area (TPSA) is 215 Å². The Morgan fingerprint density at radius 1 is 0.844 bits per heavy atom. The number of amides is 5. The first kappa shape index (κ1) is 45.6. The van der Waals surface area contributed by atoms with E-state index in [-0.39, 0.29) is 34.8 Å². The maximum Gasteiger partial charge on any atom is 0.264 e. The molecule has 0 saturated carbocycles. The van der Waals surface area contributed by atoms with E-state index in [1.807, 2.05) is 36.1 Å². The van der Waals surface area contributed by atoms with Gasteiger partial charge >= 0.3 is 0 Å². The number of carbonyl (C=O) groups is 5. The Morgan fingerprint density at radius 3 is 2.30 bits per heavy atom. The highest BCUT2D eigenvalue weighted by molar-refractivity contribution is 7.89. The van der Waals surface area contributed by atoms with Crippen molar-refractivity contribution in [2.24, 2.45) is 0 Å². The molecule has 5 N–H and O–H groups in total. The number of aryl methyl sites for hydroxylation is 1. The number of piperidine rings is 1. The maximum atomic E-state index is 13.3. The van der Waals surface area contributed by atoms with Gasteiger partial charge in [0.25, 0.3) is 11.8 Å². The number of nitrogens with zero attached hydrogens (tertiary/aromatic N) is 5. The molecule has 7 rings (SSSR count).